The molecule has 2 aromatic carbocycles. The molecule has 10 nitrogen and oxygen atoms in total. The van der Waals surface area contributed by atoms with Crippen LogP contribution in [-0.2, 0) is 22.5 Å². The number of piperazine rings is 1. The Morgan fingerprint density at radius 1 is 1.18 bits per heavy atom. The molecule has 3 atom stereocenters. The number of nitrogens with zero attached hydrogens (tertiary/aromatic N) is 7. The molecule has 3 aliphatic heterocycles. The van der Waals surface area contributed by atoms with Gasteiger partial charge in [-0.1, -0.05) is 36.9 Å². The molecule has 44 heavy (non-hydrogen) atoms. The molecule has 230 valence electrons. The van der Waals surface area contributed by atoms with Gasteiger partial charge in [-0.3, -0.25) is 4.79 Å². The molecule has 0 spiro atoms. The molecule has 3 aliphatic rings. The Bertz CT molecular complexity index is 1580. The van der Waals surface area contributed by atoms with E-state index in [-0.39, 0.29) is 24.6 Å². The Labute approximate surface area is 259 Å². The second kappa shape index (κ2) is 12.8. The predicted octanol–water partition coefficient (Wildman–Crippen LogP) is 3.72. The third kappa shape index (κ3) is 5.94. The van der Waals surface area contributed by atoms with Crippen LogP contribution in [0.5, 0.6) is 6.01 Å². The molecule has 0 N–H and O–H groups in total. The Hall–Kier alpha value is -4.20. The SMILES string of the molecule is [C-]#[N+]C[C@H]1CN(c2nc(OC[C@H]3CC(N(C)C)CO3)nc3c2CCN(c2cccc4cccc(C)c24)C3)CCN1C(=O)C=C. The number of rotatable bonds is 8. The van der Waals surface area contributed by atoms with Crippen molar-refractivity contribution in [2.45, 2.75) is 44.5 Å². The van der Waals surface area contributed by atoms with Gasteiger partial charge in [0.05, 0.1) is 24.9 Å². The van der Waals surface area contributed by atoms with Crippen LogP contribution in [0.3, 0.4) is 0 Å². The molecule has 1 amide bonds. The number of fused-ring (bicyclic) bond motifs is 2. The lowest BCUT2D eigenvalue weighted by atomic mass is 9.99. The lowest BCUT2D eigenvalue weighted by Crippen LogP contribution is -2.56. The number of aromatic nitrogens is 2. The highest BCUT2D eigenvalue weighted by molar-refractivity contribution is 5.97. The zero-order valence-corrected chi connectivity index (χ0v) is 25.9. The molecule has 10 heteroatoms. The average Bonchev–Trinajstić information content (AvgIpc) is 3.52. The molecule has 0 bridgehead atoms. The standard InChI is InChI=1S/C34H41N7O3/c1-6-31(42)41-16-15-40(19-26(41)18-35-3)33-28-13-14-39(30-12-8-11-24-10-7-9-23(2)32(24)30)20-29(28)36-34(37-33)44-22-27-17-25(21-43-27)38(4)5/h6-12,25-27H,1,13-22H2,2,4-5H3/t25?,26-,27+/m0/s1. The summed E-state index contributed by atoms with van der Waals surface area (Å²) in [6.07, 6.45) is 3.00. The molecular weight excluding hydrogens is 554 g/mol. The van der Waals surface area contributed by atoms with Gasteiger partial charge >= 0.3 is 6.01 Å². The summed E-state index contributed by atoms with van der Waals surface area (Å²) in [5.74, 6) is 0.707. The van der Waals surface area contributed by atoms with Gasteiger partial charge in [-0.15, -0.1) is 0 Å². The third-order valence-corrected chi connectivity index (χ3v) is 9.18. The summed E-state index contributed by atoms with van der Waals surface area (Å²) in [4.78, 5) is 34.7. The molecular formula is C34H41N7O3. The summed E-state index contributed by atoms with van der Waals surface area (Å²) in [6.45, 7) is 17.7. The first-order valence-corrected chi connectivity index (χ1v) is 15.4. The van der Waals surface area contributed by atoms with E-state index in [1.807, 2.05) is 0 Å². The van der Waals surface area contributed by atoms with Gasteiger partial charge in [0.2, 0.25) is 12.5 Å². The van der Waals surface area contributed by atoms with Crippen LogP contribution in [0.25, 0.3) is 15.6 Å². The van der Waals surface area contributed by atoms with E-state index < -0.39 is 0 Å². The maximum atomic E-state index is 12.6. The van der Waals surface area contributed by atoms with Gasteiger partial charge in [-0.2, -0.15) is 9.97 Å². The van der Waals surface area contributed by atoms with Crippen LogP contribution in [0.2, 0.25) is 0 Å². The largest absolute Gasteiger partial charge is 0.461 e. The topological polar surface area (TPSA) is 78.6 Å². The van der Waals surface area contributed by atoms with Crippen LogP contribution in [0, 0.1) is 13.5 Å². The highest BCUT2D eigenvalue weighted by atomic mass is 16.5. The minimum Gasteiger partial charge on any atom is -0.461 e. The van der Waals surface area contributed by atoms with E-state index in [0.29, 0.717) is 51.4 Å². The quantitative estimate of drug-likeness (QED) is 0.288. The zero-order chi connectivity index (χ0) is 30.8. The average molecular weight is 596 g/mol. The van der Waals surface area contributed by atoms with Gasteiger partial charge < -0.3 is 33.9 Å². The Kier molecular flexibility index (Phi) is 8.69. The first-order valence-electron chi connectivity index (χ1n) is 15.4. The van der Waals surface area contributed by atoms with E-state index in [1.54, 1.807) is 4.90 Å². The maximum absolute atomic E-state index is 12.6. The molecule has 1 unspecified atom stereocenters. The van der Waals surface area contributed by atoms with Crippen molar-refractivity contribution < 1.29 is 14.3 Å². The van der Waals surface area contributed by atoms with E-state index in [0.717, 1.165) is 36.5 Å². The first-order chi connectivity index (χ1) is 21.4. The van der Waals surface area contributed by atoms with Crippen molar-refractivity contribution in [2.24, 2.45) is 0 Å². The van der Waals surface area contributed by atoms with Crippen LogP contribution in [0.1, 0.15) is 23.2 Å². The van der Waals surface area contributed by atoms with Gasteiger partial charge in [-0.25, -0.2) is 6.57 Å². The van der Waals surface area contributed by atoms with Crippen LogP contribution in [0.15, 0.2) is 49.1 Å². The fourth-order valence-electron chi connectivity index (χ4n) is 6.74. The molecule has 0 radical (unpaired) electrons. The number of hydrogen-bond donors (Lipinski definition) is 0. The Morgan fingerprint density at radius 2 is 2.00 bits per heavy atom. The van der Waals surface area contributed by atoms with Gasteiger partial charge in [0, 0.05) is 48.9 Å². The molecule has 1 aromatic heterocycles. The molecule has 6 rings (SSSR count). The molecule has 2 saturated heterocycles. The number of carbonyl (C=O) groups is 1. The van der Waals surface area contributed by atoms with Gasteiger partial charge in [-0.05, 0) is 57.0 Å². The number of ether oxygens (including phenoxy) is 2. The van der Waals surface area contributed by atoms with Gasteiger partial charge in [0.1, 0.15) is 18.5 Å². The predicted molar refractivity (Wildman–Crippen MR) is 172 cm³/mol. The summed E-state index contributed by atoms with van der Waals surface area (Å²) >= 11 is 0. The van der Waals surface area contributed by atoms with Crippen molar-refractivity contribution in [3.8, 4) is 6.01 Å². The monoisotopic (exact) mass is 595 g/mol. The number of anilines is 2. The van der Waals surface area contributed by atoms with Crippen molar-refractivity contribution in [3.63, 3.8) is 0 Å². The van der Waals surface area contributed by atoms with Gasteiger partial charge in [0.15, 0.2) is 0 Å². The van der Waals surface area contributed by atoms with Crippen LogP contribution >= 0.6 is 0 Å². The van der Waals surface area contributed by atoms with Crippen molar-refractivity contribution >= 4 is 28.2 Å². The normalized spacial score (nSPS) is 21.8. The number of benzene rings is 2. The smallest absolute Gasteiger partial charge is 0.318 e. The zero-order valence-electron chi connectivity index (χ0n) is 25.9. The van der Waals surface area contributed by atoms with Crippen molar-refractivity contribution in [1.29, 1.82) is 0 Å². The molecule has 0 saturated carbocycles. The van der Waals surface area contributed by atoms with Crippen molar-refractivity contribution in [1.82, 2.24) is 19.8 Å². The lowest BCUT2D eigenvalue weighted by Gasteiger charge is -2.41. The third-order valence-electron chi connectivity index (χ3n) is 9.18. The molecule has 3 aromatic rings. The lowest BCUT2D eigenvalue weighted by molar-refractivity contribution is -0.128. The van der Waals surface area contributed by atoms with Crippen LogP contribution < -0.4 is 14.5 Å². The van der Waals surface area contributed by atoms with E-state index in [2.05, 4.69) is 83.5 Å². The van der Waals surface area contributed by atoms with E-state index in [1.165, 1.54) is 28.1 Å². The second-order valence-corrected chi connectivity index (χ2v) is 12.2. The highest BCUT2D eigenvalue weighted by Crippen LogP contribution is 2.36. The fraction of sp³-hybridized carbons (Fsp3) is 0.471. The first kappa shape index (κ1) is 29.9. The molecule has 4 heterocycles. The number of aryl methyl sites for hydroxylation is 1. The van der Waals surface area contributed by atoms with E-state index >= 15 is 0 Å². The summed E-state index contributed by atoms with van der Waals surface area (Å²) in [5, 5.41) is 2.49. The Morgan fingerprint density at radius 3 is 2.75 bits per heavy atom. The number of likely N-dealkylation sites (N-methyl/N-ethyl adjacent to an activating group) is 1. The molecule has 0 aliphatic carbocycles. The number of hydrogen-bond acceptors (Lipinski definition) is 8. The van der Waals surface area contributed by atoms with Crippen molar-refractivity contribution in [3.05, 3.63) is 77.3 Å². The van der Waals surface area contributed by atoms with Crippen molar-refractivity contribution in [2.75, 3.05) is 69.8 Å². The van der Waals surface area contributed by atoms with Crippen LogP contribution in [-0.4, -0.2) is 104 Å². The van der Waals surface area contributed by atoms with E-state index in [4.69, 9.17) is 26.0 Å². The molecule has 2 fully saturated rings. The summed E-state index contributed by atoms with van der Waals surface area (Å²) in [5.41, 5.74) is 4.52. The highest BCUT2D eigenvalue weighted by Gasteiger charge is 2.35. The van der Waals surface area contributed by atoms with Crippen LogP contribution in [0.4, 0.5) is 11.5 Å². The number of carbonyl (C=O) groups excluding carboxylic acids is 1. The van der Waals surface area contributed by atoms with Gasteiger partial charge in [0.25, 0.3) is 0 Å². The minimum atomic E-state index is -0.240. The maximum Gasteiger partial charge on any atom is 0.318 e. The minimum absolute atomic E-state index is 0.0165. The Balaban J connectivity index is 1.32. The second-order valence-electron chi connectivity index (χ2n) is 12.2. The fourth-order valence-corrected chi connectivity index (χ4v) is 6.74. The van der Waals surface area contributed by atoms with E-state index in [9.17, 15) is 4.79 Å². The summed E-state index contributed by atoms with van der Waals surface area (Å²) < 4.78 is 12.3. The summed E-state index contributed by atoms with van der Waals surface area (Å²) in [7, 11) is 4.14. The number of amides is 1. The summed E-state index contributed by atoms with van der Waals surface area (Å²) in [6, 6.07) is 13.4.